The molecule has 0 saturated carbocycles. The summed E-state index contributed by atoms with van der Waals surface area (Å²) in [6.45, 7) is 0.336. The molecule has 3 rings (SSSR count). The molecule has 0 saturated heterocycles. The van der Waals surface area contributed by atoms with Gasteiger partial charge in [-0.05, 0) is 52.4 Å². The van der Waals surface area contributed by atoms with E-state index < -0.39 is 0 Å². The summed E-state index contributed by atoms with van der Waals surface area (Å²) in [4.78, 5) is 6.88. The molecule has 3 aromatic rings. The van der Waals surface area contributed by atoms with Crippen LogP contribution in [0.2, 0.25) is 10.0 Å². The van der Waals surface area contributed by atoms with Crippen molar-refractivity contribution in [2.24, 2.45) is 0 Å². The lowest BCUT2D eigenvalue weighted by molar-refractivity contribution is 0.0695. The first kappa shape index (κ1) is 13.9. The van der Waals surface area contributed by atoms with Crippen molar-refractivity contribution in [3.8, 4) is 11.4 Å². The Morgan fingerprint density at radius 2 is 1.52 bits per heavy atom. The zero-order valence-corrected chi connectivity index (χ0v) is 12.3. The lowest BCUT2D eigenvalue weighted by Crippen LogP contribution is -2.14. The first-order valence-electron chi connectivity index (χ1n) is 6.14. The Balaban J connectivity index is 1.76. The van der Waals surface area contributed by atoms with Gasteiger partial charge in [0.25, 0.3) is 0 Å². The monoisotopic (exact) mass is 320 g/mol. The summed E-state index contributed by atoms with van der Waals surface area (Å²) >= 11 is 11.7. The van der Waals surface area contributed by atoms with Crippen molar-refractivity contribution in [3.05, 3.63) is 64.1 Å². The van der Waals surface area contributed by atoms with E-state index in [4.69, 9.17) is 28.0 Å². The SMILES string of the molecule is Clc1ccc(COn2nnnc2-c2ccc(Cl)cc2)cc1. The zero-order valence-electron chi connectivity index (χ0n) is 10.8. The first-order valence-corrected chi connectivity index (χ1v) is 6.90. The van der Waals surface area contributed by atoms with Crippen LogP contribution in [0, 0.1) is 0 Å². The molecule has 0 aliphatic rings. The van der Waals surface area contributed by atoms with Crippen LogP contribution in [0.4, 0.5) is 0 Å². The third kappa shape index (κ3) is 3.32. The molecule has 0 N–H and O–H groups in total. The molecule has 0 aliphatic carbocycles. The maximum absolute atomic E-state index is 5.87. The van der Waals surface area contributed by atoms with Crippen molar-refractivity contribution in [1.29, 1.82) is 0 Å². The van der Waals surface area contributed by atoms with Gasteiger partial charge in [0, 0.05) is 15.6 Å². The van der Waals surface area contributed by atoms with Crippen LogP contribution in [0.5, 0.6) is 0 Å². The van der Waals surface area contributed by atoms with Crippen molar-refractivity contribution < 1.29 is 4.84 Å². The van der Waals surface area contributed by atoms with E-state index in [1.54, 1.807) is 24.3 Å². The van der Waals surface area contributed by atoms with Gasteiger partial charge in [0.05, 0.1) is 0 Å². The van der Waals surface area contributed by atoms with Gasteiger partial charge >= 0.3 is 0 Å². The minimum atomic E-state index is 0.336. The molecule has 1 aromatic heterocycles. The van der Waals surface area contributed by atoms with Crippen LogP contribution in [0.25, 0.3) is 11.4 Å². The van der Waals surface area contributed by atoms with Gasteiger partial charge < -0.3 is 4.84 Å². The van der Waals surface area contributed by atoms with Crippen LogP contribution in [-0.2, 0) is 6.61 Å². The molecule has 1 heterocycles. The number of aromatic nitrogens is 4. The van der Waals surface area contributed by atoms with E-state index in [2.05, 4.69) is 15.5 Å². The molecule has 0 aliphatic heterocycles. The van der Waals surface area contributed by atoms with Gasteiger partial charge in [0.1, 0.15) is 6.61 Å². The minimum Gasteiger partial charge on any atom is -0.389 e. The topological polar surface area (TPSA) is 52.8 Å². The van der Waals surface area contributed by atoms with Crippen molar-refractivity contribution in [3.63, 3.8) is 0 Å². The summed E-state index contributed by atoms with van der Waals surface area (Å²) < 4.78 is 0. The molecule has 0 radical (unpaired) electrons. The minimum absolute atomic E-state index is 0.336. The quantitative estimate of drug-likeness (QED) is 0.740. The lowest BCUT2D eigenvalue weighted by atomic mass is 10.2. The highest BCUT2D eigenvalue weighted by Crippen LogP contribution is 2.18. The van der Waals surface area contributed by atoms with Gasteiger partial charge in [-0.15, -0.1) is 5.10 Å². The Bertz CT molecular complexity index is 725. The van der Waals surface area contributed by atoms with E-state index in [0.29, 0.717) is 22.5 Å². The molecule has 0 amide bonds. The van der Waals surface area contributed by atoms with E-state index in [9.17, 15) is 0 Å². The molecule has 0 fully saturated rings. The predicted octanol–water partition coefficient (Wildman–Crippen LogP) is 3.28. The summed E-state index contributed by atoms with van der Waals surface area (Å²) in [5.74, 6) is 0.514. The maximum atomic E-state index is 5.87. The van der Waals surface area contributed by atoms with E-state index in [1.807, 2.05) is 24.3 Å². The molecule has 0 unspecified atom stereocenters. The number of benzene rings is 2. The summed E-state index contributed by atoms with van der Waals surface area (Å²) in [6.07, 6.45) is 0. The number of tetrazole rings is 1. The molecule has 2 aromatic carbocycles. The fraction of sp³-hybridized carbons (Fsp3) is 0.0714. The van der Waals surface area contributed by atoms with Crippen LogP contribution in [0.15, 0.2) is 48.5 Å². The molecular formula is C14H10Cl2N4O. The van der Waals surface area contributed by atoms with Gasteiger partial charge in [-0.25, -0.2) is 0 Å². The van der Waals surface area contributed by atoms with Crippen molar-refractivity contribution in [1.82, 2.24) is 20.4 Å². The van der Waals surface area contributed by atoms with Crippen molar-refractivity contribution >= 4 is 23.2 Å². The van der Waals surface area contributed by atoms with E-state index >= 15 is 0 Å². The molecule has 21 heavy (non-hydrogen) atoms. The lowest BCUT2D eigenvalue weighted by Gasteiger charge is -2.07. The smallest absolute Gasteiger partial charge is 0.222 e. The third-order valence-corrected chi connectivity index (χ3v) is 3.32. The van der Waals surface area contributed by atoms with Gasteiger partial charge in [-0.1, -0.05) is 40.2 Å². The molecule has 5 nitrogen and oxygen atoms in total. The maximum Gasteiger partial charge on any atom is 0.222 e. The highest BCUT2D eigenvalue weighted by molar-refractivity contribution is 6.30. The molecule has 106 valence electrons. The standard InChI is InChI=1S/C14H10Cl2N4O/c15-12-5-1-10(2-6-12)9-21-20-14(17-18-19-20)11-3-7-13(16)8-4-11/h1-8H,9H2. The van der Waals surface area contributed by atoms with E-state index in [1.165, 1.54) is 4.85 Å². The Hall–Kier alpha value is -2.11. The molecule has 0 spiro atoms. The molecule has 0 bridgehead atoms. The molecule has 7 heteroatoms. The first-order chi connectivity index (χ1) is 10.2. The third-order valence-electron chi connectivity index (χ3n) is 2.81. The fourth-order valence-corrected chi connectivity index (χ4v) is 2.00. The number of nitrogens with zero attached hydrogens (tertiary/aromatic N) is 4. The number of hydrogen-bond donors (Lipinski definition) is 0. The van der Waals surface area contributed by atoms with Crippen LogP contribution in [0.3, 0.4) is 0 Å². The highest BCUT2D eigenvalue weighted by atomic mass is 35.5. The molecule has 0 atom stereocenters. The summed E-state index contributed by atoms with van der Waals surface area (Å²) in [5.41, 5.74) is 1.79. The number of halogens is 2. The zero-order chi connectivity index (χ0) is 14.7. The average Bonchev–Trinajstić information content (AvgIpc) is 2.96. The second-order valence-corrected chi connectivity index (χ2v) is 5.16. The molecular weight excluding hydrogens is 311 g/mol. The van der Waals surface area contributed by atoms with E-state index in [0.717, 1.165) is 11.1 Å². The van der Waals surface area contributed by atoms with Crippen LogP contribution < -0.4 is 4.84 Å². The fourth-order valence-electron chi connectivity index (χ4n) is 1.75. The van der Waals surface area contributed by atoms with Crippen molar-refractivity contribution in [2.75, 3.05) is 0 Å². The number of rotatable bonds is 4. The van der Waals surface area contributed by atoms with Crippen LogP contribution in [-0.4, -0.2) is 20.4 Å². The van der Waals surface area contributed by atoms with Gasteiger partial charge in [-0.2, -0.15) is 0 Å². The number of hydrogen-bond acceptors (Lipinski definition) is 4. The summed E-state index contributed by atoms with van der Waals surface area (Å²) in [6, 6.07) is 14.6. The van der Waals surface area contributed by atoms with Crippen LogP contribution in [0.1, 0.15) is 5.56 Å². The second-order valence-electron chi connectivity index (χ2n) is 4.28. The predicted molar refractivity (Wildman–Crippen MR) is 80.0 cm³/mol. The van der Waals surface area contributed by atoms with Crippen molar-refractivity contribution in [2.45, 2.75) is 6.61 Å². The Morgan fingerprint density at radius 1 is 0.905 bits per heavy atom. The Labute approximate surface area is 131 Å². The second kappa shape index (κ2) is 6.11. The van der Waals surface area contributed by atoms with Gasteiger partial charge in [-0.3, -0.25) is 0 Å². The van der Waals surface area contributed by atoms with Gasteiger partial charge in [0.2, 0.25) is 5.82 Å². The normalized spacial score (nSPS) is 10.6. The Kier molecular flexibility index (Phi) is 4.03. The highest BCUT2D eigenvalue weighted by Gasteiger charge is 2.10. The summed E-state index contributed by atoms with van der Waals surface area (Å²) in [5, 5.41) is 12.7. The van der Waals surface area contributed by atoms with Gasteiger partial charge in [0.15, 0.2) is 0 Å². The Morgan fingerprint density at radius 3 is 2.19 bits per heavy atom. The largest absolute Gasteiger partial charge is 0.389 e. The average molecular weight is 321 g/mol. The van der Waals surface area contributed by atoms with Crippen LogP contribution >= 0.6 is 23.2 Å². The van der Waals surface area contributed by atoms with E-state index in [-0.39, 0.29) is 0 Å². The summed E-state index contributed by atoms with van der Waals surface area (Å²) in [7, 11) is 0.